The number of carbonyl (C=O) groups excluding carboxylic acids is 2. The second kappa shape index (κ2) is 63.9. The molecule has 0 saturated carbocycles. The molecular weight excluding hydrogens is 1050 g/mol. The van der Waals surface area contributed by atoms with E-state index in [9.17, 15) is 19.5 Å². The minimum Gasteiger partial charge on any atom is -0.477 e. The zero-order valence-corrected chi connectivity index (χ0v) is 53.7. The van der Waals surface area contributed by atoms with Gasteiger partial charge in [0, 0.05) is 12.8 Å². The smallest absolute Gasteiger partial charge is 0.361 e. The van der Waals surface area contributed by atoms with Gasteiger partial charge in [-0.05, 0) is 148 Å². The number of carboxylic acids is 1. The topological polar surface area (TPSA) is 108 Å². The molecule has 85 heavy (non-hydrogen) atoms. The summed E-state index contributed by atoms with van der Waals surface area (Å²) in [5.41, 5.74) is 0. The summed E-state index contributed by atoms with van der Waals surface area (Å²) in [6.07, 6.45) is 97.8. The first-order chi connectivity index (χ1) is 41.6. The van der Waals surface area contributed by atoms with Gasteiger partial charge in [0.1, 0.15) is 13.2 Å². The van der Waals surface area contributed by atoms with Crippen molar-refractivity contribution in [2.75, 3.05) is 47.5 Å². The number of hydrogen-bond acceptors (Lipinski definition) is 7. The van der Waals surface area contributed by atoms with Gasteiger partial charge in [-0.2, -0.15) is 0 Å². The summed E-state index contributed by atoms with van der Waals surface area (Å²) < 4.78 is 22.8. The molecule has 0 aromatic carbocycles. The first-order valence-electron chi connectivity index (χ1n) is 32.2. The predicted molar refractivity (Wildman–Crippen MR) is 363 cm³/mol. The molecule has 0 amide bonds. The number of carbonyl (C=O) groups is 3. The molecule has 2 unspecified atom stereocenters. The highest BCUT2D eigenvalue weighted by atomic mass is 16.7. The van der Waals surface area contributed by atoms with Crippen LogP contribution in [0, 0.1) is 0 Å². The Hall–Kier alpha value is -6.13. The van der Waals surface area contributed by atoms with Crippen molar-refractivity contribution in [3.05, 3.63) is 207 Å². The third-order valence-corrected chi connectivity index (χ3v) is 12.5. The monoisotopic (exact) mass is 1170 g/mol. The van der Waals surface area contributed by atoms with Crippen LogP contribution in [0.4, 0.5) is 0 Å². The lowest BCUT2D eigenvalue weighted by Gasteiger charge is -2.25. The van der Waals surface area contributed by atoms with E-state index in [0.29, 0.717) is 23.9 Å². The molecule has 0 saturated heterocycles. The molecule has 1 N–H and O–H groups in total. The highest BCUT2D eigenvalue weighted by Crippen LogP contribution is 2.12. The molecule has 472 valence electrons. The van der Waals surface area contributed by atoms with Crippen molar-refractivity contribution in [3.8, 4) is 0 Å². The van der Waals surface area contributed by atoms with Crippen LogP contribution in [0.1, 0.15) is 194 Å². The molecule has 0 aliphatic carbocycles. The van der Waals surface area contributed by atoms with E-state index < -0.39 is 24.3 Å². The number of likely N-dealkylation sites (N-methyl/N-ethyl adjacent to an activating group) is 1. The molecule has 0 heterocycles. The van der Waals surface area contributed by atoms with E-state index in [-0.39, 0.29) is 38.6 Å². The number of quaternary nitrogens is 1. The van der Waals surface area contributed by atoms with Crippen molar-refractivity contribution >= 4 is 17.9 Å². The Balaban J connectivity index is 4.37. The number of nitrogens with zero attached hydrogens (tertiary/aromatic N) is 1. The summed E-state index contributed by atoms with van der Waals surface area (Å²) >= 11 is 0. The predicted octanol–water partition coefficient (Wildman–Crippen LogP) is 20.0. The first-order valence-corrected chi connectivity index (χ1v) is 32.2. The highest BCUT2D eigenvalue weighted by molar-refractivity contribution is 5.71. The average molecular weight is 1170 g/mol. The molecule has 0 fully saturated rings. The third kappa shape index (κ3) is 65.3. The Kier molecular flexibility index (Phi) is 59.3. The number of unbranched alkanes of at least 4 members (excludes halogenated alkanes) is 7. The van der Waals surface area contributed by atoms with Crippen LogP contribution in [-0.2, 0) is 33.3 Å². The van der Waals surface area contributed by atoms with Crippen LogP contribution in [0.5, 0.6) is 0 Å². The summed E-state index contributed by atoms with van der Waals surface area (Å²) in [5.74, 6) is -2.12. The molecular formula is C76H116NO8+. The van der Waals surface area contributed by atoms with E-state index in [1.165, 1.54) is 0 Å². The summed E-state index contributed by atoms with van der Waals surface area (Å²) in [5, 5.41) is 9.72. The van der Waals surface area contributed by atoms with Gasteiger partial charge in [0.15, 0.2) is 6.10 Å². The Labute approximate surface area is 518 Å². The van der Waals surface area contributed by atoms with Gasteiger partial charge in [-0.25, -0.2) is 4.79 Å². The van der Waals surface area contributed by atoms with Crippen LogP contribution in [0.25, 0.3) is 0 Å². The van der Waals surface area contributed by atoms with Gasteiger partial charge in [0.2, 0.25) is 0 Å². The van der Waals surface area contributed by atoms with E-state index in [4.69, 9.17) is 18.9 Å². The second-order valence-corrected chi connectivity index (χ2v) is 21.6. The molecule has 0 aliphatic heterocycles. The van der Waals surface area contributed by atoms with Crippen molar-refractivity contribution in [2.24, 2.45) is 0 Å². The standard InChI is InChI=1S/C76H115NO8/c1-6-8-10-12-14-16-18-20-22-24-26-28-30-31-32-33-34-35-36-37-38-39-40-41-42-43-45-47-49-51-53-55-57-59-61-63-65-67-74(79)85-72(71-84-76(75(80)81)82-69-68-77(3,4)5)70-83-73(78)66-64-62-60-58-56-54-52-50-48-46-44-29-27-25-23-21-19-17-15-13-11-9-7-2/h8-11,14-17,20-23,26-29,31-32,34-35,37-38,40-41,43,45-46,48-49,51-52,54-55,57,72,76H,6-7,12-13,18-19,24-25,30,33,36,39,42,44,47,50,53,56,58-71H2,1-5H3/p+1/b10-8-,11-9-,16-14-,17-15-,22-20-,23-21-,28-26-,29-27-,32-31-,35-34-,38-37-,41-40-,45-43-,48-46-,51-49-,54-52-,57-55-. The number of rotatable bonds is 56. The number of allylic oxidation sites excluding steroid dienone is 34. The van der Waals surface area contributed by atoms with Gasteiger partial charge in [-0.3, -0.25) is 9.59 Å². The number of carboxylic acid groups (broad SMARTS) is 1. The fraction of sp³-hybridized carbons (Fsp3) is 0.513. The van der Waals surface area contributed by atoms with Crippen LogP contribution in [0.15, 0.2) is 207 Å². The van der Waals surface area contributed by atoms with E-state index in [1.54, 1.807) is 0 Å². The van der Waals surface area contributed by atoms with Gasteiger partial charge in [0.25, 0.3) is 6.29 Å². The van der Waals surface area contributed by atoms with Gasteiger partial charge in [-0.15, -0.1) is 0 Å². The highest BCUT2D eigenvalue weighted by Gasteiger charge is 2.25. The second-order valence-electron chi connectivity index (χ2n) is 21.6. The summed E-state index contributed by atoms with van der Waals surface area (Å²) in [4.78, 5) is 37.5. The Bertz CT molecular complexity index is 2140. The normalized spacial score (nSPS) is 14.1. The van der Waals surface area contributed by atoms with Gasteiger partial charge in [0.05, 0.1) is 34.4 Å². The van der Waals surface area contributed by atoms with Crippen LogP contribution in [-0.4, -0.2) is 87.4 Å². The zero-order valence-electron chi connectivity index (χ0n) is 53.7. The first kappa shape index (κ1) is 78.9. The maximum atomic E-state index is 12.9. The van der Waals surface area contributed by atoms with E-state index in [2.05, 4.69) is 220 Å². The molecule has 0 rings (SSSR count). The van der Waals surface area contributed by atoms with Crippen molar-refractivity contribution in [1.29, 1.82) is 0 Å². The SMILES string of the molecule is CC/C=C\C/C=C\C/C=C\C/C=C\C/C=C\C/C=C\C/C=C\C/C=C\C/C=C\C/C=C\C/C=C\CCCCCC(=O)OC(COC(=O)CCCCCC/C=C\C/C=C\C/C=C\C/C=C\C/C=C\C/C=C\CC)COC(OCC[N+](C)(C)C)C(=O)O. The number of ether oxygens (including phenoxy) is 4. The third-order valence-electron chi connectivity index (χ3n) is 12.5. The summed E-state index contributed by atoms with van der Waals surface area (Å²) in [6, 6.07) is 0. The largest absolute Gasteiger partial charge is 0.477 e. The van der Waals surface area contributed by atoms with Crippen molar-refractivity contribution in [1.82, 2.24) is 0 Å². The molecule has 0 aromatic rings. The van der Waals surface area contributed by atoms with Gasteiger partial charge >= 0.3 is 17.9 Å². The number of esters is 2. The molecule has 0 aromatic heterocycles. The molecule has 9 nitrogen and oxygen atoms in total. The number of aliphatic carboxylic acids is 1. The average Bonchev–Trinajstić information content (AvgIpc) is 3.48. The molecule has 9 heteroatoms. The minimum atomic E-state index is -1.54. The Morgan fingerprint density at radius 1 is 0.353 bits per heavy atom. The summed E-state index contributed by atoms with van der Waals surface area (Å²) in [7, 11) is 5.93. The van der Waals surface area contributed by atoms with Crippen LogP contribution in [0.3, 0.4) is 0 Å². The maximum Gasteiger partial charge on any atom is 0.361 e. The van der Waals surface area contributed by atoms with Crippen molar-refractivity contribution < 1.29 is 42.9 Å². The van der Waals surface area contributed by atoms with Crippen molar-refractivity contribution in [3.63, 3.8) is 0 Å². The molecule has 0 aliphatic rings. The fourth-order valence-corrected chi connectivity index (χ4v) is 7.67. The fourth-order valence-electron chi connectivity index (χ4n) is 7.67. The van der Waals surface area contributed by atoms with Crippen LogP contribution in [0.2, 0.25) is 0 Å². The lowest BCUT2D eigenvalue weighted by atomic mass is 10.1. The summed E-state index contributed by atoms with van der Waals surface area (Å²) in [6.45, 7) is 4.54. The van der Waals surface area contributed by atoms with Gasteiger partial charge < -0.3 is 28.5 Å². The van der Waals surface area contributed by atoms with E-state index >= 15 is 0 Å². The molecule has 0 radical (unpaired) electrons. The van der Waals surface area contributed by atoms with Crippen LogP contribution >= 0.6 is 0 Å². The van der Waals surface area contributed by atoms with E-state index in [1.807, 2.05) is 21.1 Å². The molecule has 2 atom stereocenters. The minimum absolute atomic E-state index is 0.163. The van der Waals surface area contributed by atoms with Crippen LogP contribution < -0.4 is 0 Å². The van der Waals surface area contributed by atoms with Crippen molar-refractivity contribution in [2.45, 2.75) is 206 Å². The Morgan fingerprint density at radius 2 is 0.635 bits per heavy atom. The number of hydrogen-bond donors (Lipinski definition) is 1. The zero-order chi connectivity index (χ0) is 61.9. The molecule has 0 spiro atoms. The lowest BCUT2D eigenvalue weighted by molar-refractivity contribution is -0.870. The Morgan fingerprint density at radius 3 is 0.941 bits per heavy atom. The molecule has 0 bridgehead atoms. The quantitative estimate of drug-likeness (QED) is 0.0211. The lowest BCUT2D eigenvalue weighted by Crippen LogP contribution is -2.40. The van der Waals surface area contributed by atoms with E-state index in [0.717, 1.165) is 154 Å². The maximum absolute atomic E-state index is 12.9. The van der Waals surface area contributed by atoms with Gasteiger partial charge in [-0.1, -0.05) is 240 Å².